The summed E-state index contributed by atoms with van der Waals surface area (Å²) in [6.07, 6.45) is 5.85. The molecular weight excluding hydrogens is 225 g/mol. The van der Waals surface area contributed by atoms with Gasteiger partial charge in [0.15, 0.2) is 0 Å². The van der Waals surface area contributed by atoms with Gasteiger partial charge in [0.25, 0.3) is 0 Å². The lowest BCUT2D eigenvalue weighted by molar-refractivity contribution is 0.275. The summed E-state index contributed by atoms with van der Waals surface area (Å²) in [5.41, 5.74) is 7.09. The molecule has 0 radical (unpaired) electrons. The zero-order valence-electron chi connectivity index (χ0n) is 9.26. The number of hydrogen-bond acceptors (Lipinski definition) is 1. The zero-order chi connectivity index (χ0) is 11.5. The number of benzene rings is 1. The molecule has 1 nitrogen and oxygen atoms in total. The highest BCUT2D eigenvalue weighted by Gasteiger charge is 2.20. The second-order valence-corrected chi connectivity index (χ2v) is 5.15. The van der Waals surface area contributed by atoms with Gasteiger partial charge in [-0.15, -0.1) is 0 Å². The number of rotatable bonds is 4. The van der Waals surface area contributed by atoms with Gasteiger partial charge < -0.3 is 5.73 Å². The lowest BCUT2D eigenvalue weighted by Crippen LogP contribution is -2.28. The van der Waals surface area contributed by atoms with E-state index >= 15 is 0 Å². The Hall–Kier alpha value is -0.600. The third kappa shape index (κ3) is 2.96. The van der Waals surface area contributed by atoms with E-state index in [0.717, 1.165) is 24.3 Å². The Balaban J connectivity index is 1.89. The summed E-state index contributed by atoms with van der Waals surface area (Å²) in [6.45, 7) is 0. The summed E-state index contributed by atoms with van der Waals surface area (Å²) >= 11 is 5.73. The maximum atomic E-state index is 12.9. The molecule has 0 amide bonds. The summed E-state index contributed by atoms with van der Waals surface area (Å²) in [5, 5.41) is 0.188. The molecule has 1 unspecified atom stereocenters. The zero-order valence-corrected chi connectivity index (χ0v) is 10.0. The smallest absolute Gasteiger partial charge is 0.141 e. The van der Waals surface area contributed by atoms with Gasteiger partial charge in [-0.3, -0.25) is 0 Å². The predicted octanol–water partition coefficient (Wildman–Crippen LogP) is 3.54. The van der Waals surface area contributed by atoms with Crippen LogP contribution in [0.4, 0.5) is 4.39 Å². The molecular formula is C13H17ClFN. The lowest BCUT2D eigenvalue weighted by atomic mass is 9.80. The van der Waals surface area contributed by atoms with Crippen molar-refractivity contribution in [1.82, 2.24) is 0 Å². The fourth-order valence-electron chi connectivity index (χ4n) is 2.21. The van der Waals surface area contributed by atoms with Crippen molar-refractivity contribution in [3.63, 3.8) is 0 Å². The maximum Gasteiger partial charge on any atom is 0.141 e. The van der Waals surface area contributed by atoms with Crippen LogP contribution >= 0.6 is 11.6 Å². The van der Waals surface area contributed by atoms with Crippen LogP contribution in [-0.2, 0) is 6.42 Å². The van der Waals surface area contributed by atoms with Crippen LogP contribution in [0.1, 0.15) is 31.2 Å². The minimum atomic E-state index is -0.363. The van der Waals surface area contributed by atoms with Crippen LogP contribution in [0, 0.1) is 11.7 Å². The second kappa shape index (κ2) is 5.15. The van der Waals surface area contributed by atoms with Crippen molar-refractivity contribution in [2.75, 3.05) is 0 Å². The molecule has 0 spiro atoms. The summed E-state index contributed by atoms with van der Waals surface area (Å²) in [5.74, 6) is 0.448. The Kier molecular flexibility index (Phi) is 3.82. The third-order valence-corrected chi connectivity index (χ3v) is 3.63. The number of hydrogen-bond donors (Lipinski definition) is 1. The third-order valence-electron chi connectivity index (χ3n) is 3.34. The molecule has 1 saturated carbocycles. The van der Waals surface area contributed by atoms with E-state index in [9.17, 15) is 4.39 Å². The Morgan fingerprint density at radius 3 is 2.75 bits per heavy atom. The van der Waals surface area contributed by atoms with Crippen LogP contribution in [0.25, 0.3) is 0 Å². The minimum Gasteiger partial charge on any atom is -0.327 e. The van der Waals surface area contributed by atoms with Gasteiger partial charge in [-0.05, 0) is 36.5 Å². The van der Waals surface area contributed by atoms with Gasteiger partial charge in [-0.2, -0.15) is 0 Å². The molecule has 88 valence electrons. The average molecular weight is 242 g/mol. The van der Waals surface area contributed by atoms with Gasteiger partial charge in [0.2, 0.25) is 0 Å². The predicted molar refractivity (Wildman–Crippen MR) is 65.0 cm³/mol. The van der Waals surface area contributed by atoms with Gasteiger partial charge >= 0.3 is 0 Å². The van der Waals surface area contributed by atoms with Crippen LogP contribution in [0.2, 0.25) is 5.02 Å². The van der Waals surface area contributed by atoms with Crippen LogP contribution in [0.3, 0.4) is 0 Å². The van der Waals surface area contributed by atoms with Crippen molar-refractivity contribution in [2.45, 2.75) is 38.1 Å². The monoisotopic (exact) mass is 241 g/mol. The van der Waals surface area contributed by atoms with E-state index in [-0.39, 0.29) is 16.9 Å². The van der Waals surface area contributed by atoms with Crippen molar-refractivity contribution in [3.8, 4) is 0 Å². The van der Waals surface area contributed by atoms with E-state index in [1.54, 1.807) is 12.1 Å². The fraction of sp³-hybridized carbons (Fsp3) is 0.538. The fourth-order valence-corrected chi connectivity index (χ4v) is 2.41. The van der Waals surface area contributed by atoms with Crippen LogP contribution in [0.5, 0.6) is 0 Å². The highest BCUT2D eigenvalue weighted by atomic mass is 35.5. The molecule has 3 heteroatoms. The van der Waals surface area contributed by atoms with Gasteiger partial charge in [0.1, 0.15) is 5.82 Å². The largest absolute Gasteiger partial charge is 0.327 e. The van der Waals surface area contributed by atoms with Crippen molar-refractivity contribution in [2.24, 2.45) is 11.7 Å². The SMILES string of the molecule is NC(Cc1ccc(F)c(Cl)c1)CC1CCC1. The van der Waals surface area contributed by atoms with Crippen molar-refractivity contribution < 1.29 is 4.39 Å². The summed E-state index contributed by atoms with van der Waals surface area (Å²) < 4.78 is 12.9. The van der Waals surface area contributed by atoms with E-state index in [1.807, 2.05) is 0 Å². The van der Waals surface area contributed by atoms with Gasteiger partial charge in [0.05, 0.1) is 5.02 Å². The van der Waals surface area contributed by atoms with Crippen molar-refractivity contribution in [3.05, 3.63) is 34.6 Å². The highest BCUT2D eigenvalue weighted by molar-refractivity contribution is 6.30. The molecule has 0 aliphatic heterocycles. The molecule has 16 heavy (non-hydrogen) atoms. The van der Waals surface area contributed by atoms with E-state index in [4.69, 9.17) is 17.3 Å². The number of halogens is 2. The maximum absolute atomic E-state index is 12.9. The Morgan fingerprint density at radius 2 is 2.19 bits per heavy atom. The first kappa shape index (κ1) is 11.9. The molecule has 0 saturated heterocycles. The molecule has 1 fully saturated rings. The topological polar surface area (TPSA) is 26.0 Å². The van der Waals surface area contributed by atoms with Crippen LogP contribution in [0.15, 0.2) is 18.2 Å². The van der Waals surface area contributed by atoms with Crippen molar-refractivity contribution >= 4 is 11.6 Å². The molecule has 0 bridgehead atoms. The van der Waals surface area contributed by atoms with Crippen molar-refractivity contribution in [1.29, 1.82) is 0 Å². The second-order valence-electron chi connectivity index (χ2n) is 4.75. The van der Waals surface area contributed by atoms with E-state index in [2.05, 4.69) is 0 Å². The first-order valence-corrected chi connectivity index (χ1v) is 6.22. The standard InChI is InChI=1S/C13H17ClFN/c14-12-8-10(4-5-13(12)15)7-11(16)6-9-2-1-3-9/h4-5,8-9,11H,1-3,6-7,16H2. The van der Waals surface area contributed by atoms with E-state index < -0.39 is 0 Å². The quantitative estimate of drug-likeness (QED) is 0.857. The molecule has 1 atom stereocenters. The molecule has 1 aliphatic carbocycles. The van der Waals surface area contributed by atoms with Gasteiger partial charge in [0, 0.05) is 6.04 Å². The minimum absolute atomic E-state index is 0.173. The number of nitrogens with two attached hydrogens (primary N) is 1. The van der Waals surface area contributed by atoms with E-state index in [1.165, 1.54) is 25.3 Å². The molecule has 1 aromatic rings. The van der Waals surface area contributed by atoms with Gasteiger partial charge in [-0.1, -0.05) is 36.9 Å². The summed E-state index contributed by atoms with van der Waals surface area (Å²) in [6, 6.07) is 5.03. The molecule has 1 aliphatic rings. The summed E-state index contributed by atoms with van der Waals surface area (Å²) in [4.78, 5) is 0. The Bertz CT molecular complexity index is 363. The Labute approximate surface area is 101 Å². The normalized spacial score (nSPS) is 18.2. The molecule has 0 aromatic heterocycles. The lowest BCUT2D eigenvalue weighted by Gasteiger charge is -2.28. The first-order chi connectivity index (χ1) is 7.65. The Morgan fingerprint density at radius 1 is 1.44 bits per heavy atom. The van der Waals surface area contributed by atoms with Crippen LogP contribution < -0.4 is 5.73 Å². The average Bonchev–Trinajstić information content (AvgIpc) is 2.18. The summed E-state index contributed by atoms with van der Waals surface area (Å²) in [7, 11) is 0. The van der Waals surface area contributed by atoms with Crippen LogP contribution in [-0.4, -0.2) is 6.04 Å². The first-order valence-electron chi connectivity index (χ1n) is 5.84. The van der Waals surface area contributed by atoms with Gasteiger partial charge in [-0.25, -0.2) is 4.39 Å². The molecule has 0 heterocycles. The van der Waals surface area contributed by atoms with E-state index in [0.29, 0.717) is 0 Å². The molecule has 2 rings (SSSR count). The highest BCUT2D eigenvalue weighted by Crippen LogP contribution is 2.30. The molecule has 2 N–H and O–H groups in total. The molecule has 1 aromatic carbocycles.